The molecule has 2 aliphatic rings. The molecular formula is C32H26N2O5. The first-order valence-electron chi connectivity index (χ1n) is 12.7. The van der Waals surface area contributed by atoms with E-state index in [1.165, 1.54) is 4.90 Å². The molecule has 4 aromatic rings. The lowest BCUT2D eigenvalue weighted by atomic mass is 9.95. The summed E-state index contributed by atoms with van der Waals surface area (Å²) < 4.78 is 11.7. The van der Waals surface area contributed by atoms with Crippen molar-refractivity contribution in [3.63, 3.8) is 0 Å². The van der Waals surface area contributed by atoms with Crippen LogP contribution in [0.5, 0.6) is 17.2 Å². The van der Waals surface area contributed by atoms with Crippen molar-refractivity contribution in [2.45, 2.75) is 32.4 Å². The van der Waals surface area contributed by atoms with Gasteiger partial charge in [0, 0.05) is 30.1 Å². The Morgan fingerprint density at radius 3 is 2.56 bits per heavy atom. The molecule has 0 saturated carbocycles. The molecule has 3 aromatic carbocycles. The molecule has 39 heavy (non-hydrogen) atoms. The molecule has 3 heterocycles. The Labute approximate surface area is 226 Å². The number of ether oxygens (including phenoxy) is 2. The van der Waals surface area contributed by atoms with E-state index in [9.17, 15) is 14.7 Å². The van der Waals surface area contributed by atoms with Crippen LogP contribution < -0.4 is 14.4 Å². The summed E-state index contributed by atoms with van der Waals surface area (Å²) >= 11 is 0. The van der Waals surface area contributed by atoms with Crippen LogP contribution in [0.1, 0.15) is 35.2 Å². The molecule has 0 bridgehead atoms. The lowest BCUT2D eigenvalue weighted by molar-refractivity contribution is -0.132. The van der Waals surface area contributed by atoms with Crippen LogP contribution in [-0.4, -0.2) is 27.9 Å². The highest BCUT2D eigenvalue weighted by molar-refractivity contribution is 6.51. The number of aryl methyl sites for hydroxylation is 1. The van der Waals surface area contributed by atoms with Crippen LogP contribution in [0, 0.1) is 6.92 Å². The van der Waals surface area contributed by atoms with E-state index in [0.29, 0.717) is 34.7 Å². The minimum atomic E-state index is -0.856. The maximum atomic E-state index is 13.4. The Morgan fingerprint density at radius 1 is 1.00 bits per heavy atom. The summed E-state index contributed by atoms with van der Waals surface area (Å²) in [6, 6.07) is 22.6. The van der Waals surface area contributed by atoms with Crippen LogP contribution in [0.15, 0.2) is 96.8 Å². The SMILES string of the molecule is Cc1cccc(Oc2ccc(N3C(=O)C(=O)/C(=C(\O)c4ccc5c(c4)CC(C)O5)C3c3cccnc3)cc2)c1. The highest BCUT2D eigenvalue weighted by atomic mass is 16.5. The maximum absolute atomic E-state index is 13.4. The van der Waals surface area contributed by atoms with E-state index in [1.807, 2.05) is 44.2 Å². The van der Waals surface area contributed by atoms with Gasteiger partial charge in [-0.15, -0.1) is 0 Å². The third-order valence-electron chi connectivity index (χ3n) is 6.95. The lowest BCUT2D eigenvalue weighted by Crippen LogP contribution is -2.29. The number of benzene rings is 3. The molecule has 1 aromatic heterocycles. The fraction of sp³-hybridized carbons (Fsp3) is 0.156. The summed E-state index contributed by atoms with van der Waals surface area (Å²) in [6.45, 7) is 3.97. The highest BCUT2D eigenvalue weighted by Crippen LogP contribution is 2.43. The molecule has 2 atom stereocenters. The average Bonchev–Trinajstić information content (AvgIpc) is 3.44. The smallest absolute Gasteiger partial charge is 0.300 e. The van der Waals surface area contributed by atoms with Gasteiger partial charge in [-0.3, -0.25) is 19.5 Å². The molecule has 2 unspecified atom stereocenters. The molecule has 0 aliphatic carbocycles. The number of hydrogen-bond donors (Lipinski definition) is 1. The Kier molecular flexibility index (Phi) is 6.11. The van der Waals surface area contributed by atoms with E-state index in [4.69, 9.17) is 9.47 Å². The predicted octanol–water partition coefficient (Wildman–Crippen LogP) is 6.13. The molecule has 1 saturated heterocycles. The van der Waals surface area contributed by atoms with E-state index in [2.05, 4.69) is 4.98 Å². The molecule has 0 spiro atoms. The number of aliphatic hydroxyl groups excluding tert-OH is 1. The Balaban J connectivity index is 1.40. The predicted molar refractivity (Wildman–Crippen MR) is 147 cm³/mol. The number of Topliss-reactive ketones (excluding diaryl/α,β-unsaturated/α-hetero) is 1. The summed E-state index contributed by atoms with van der Waals surface area (Å²) in [6.07, 6.45) is 3.96. The van der Waals surface area contributed by atoms with Crippen LogP contribution in [0.25, 0.3) is 5.76 Å². The molecule has 2 aliphatic heterocycles. The zero-order chi connectivity index (χ0) is 27.1. The van der Waals surface area contributed by atoms with Gasteiger partial charge in [-0.1, -0.05) is 18.2 Å². The fourth-order valence-electron chi connectivity index (χ4n) is 5.17. The summed E-state index contributed by atoms with van der Waals surface area (Å²) in [5.41, 5.74) is 3.60. The van der Waals surface area contributed by atoms with E-state index < -0.39 is 17.7 Å². The van der Waals surface area contributed by atoms with Crippen molar-refractivity contribution in [2.75, 3.05) is 4.90 Å². The number of aliphatic hydroxyl groups is 1. The summed E-state index contributed by atoms with van der Waals surface area (Å²) in [5.74, 6) is 0.339. The van der Waals surface area contributed by atoms with Crippen molar-refractivity contribution in [1.82, 2.24) is 4.98 Å². The Bertz CT molecular complexity index is 1610. The van der Waals surface area contributed by atoms with Crippen LogP contribution in [0.2, 0.25) is 0 Å². The second-order valence-corrected chi connectivity index (χ2v) is 9.82. The van der Waals surface area contributed by atoms with Gasteiger partial charge in [0.25, 0.3) is 11.7 Å². The number of amides is 1. The minimum Gasteiger partial charge on any atom is -0.507 e. The van der Waals surface area contributed by atoms with Crippen LogP contribution in [0.4, 0.5) is 5.69 Å². The average molecular weight is 519 g/mol. The monoisotopic (exact) mass is 518 g/mol. The van der Waals surface area contributed by atoms with E-state index in [0.717, 1.165) is 16.9 Å². The Hall–Kier alpha value is -4.91. The number of carbonyl (C=O) groups excluding carboxylic acids is 2. The lowest BCUT2D eigenvalue weighted by Gasteiger charge is -2.25. The van der Waals surface area contributed by atoms with E-state index in [1.54, 1.807) is 60.9 Å². The topological polar surface area (TPSA) is 89.0 Å². The number of ketones is 1. The first kappa shape index (κ1) is 24.4. The van der Waals surface area contributed by atoms with Gasteiger partial charge in [-0.2, -0.15) is 0 Å². The van der Waals surface area contributed by atoms with Crippen LogP contribution in [-0.2, 0) is 16.0 Å². The number of pyridine rings is 1. The van der Waals surface area contributed by atoms with Gasteiger partial charge in [0.15, 0.2) is 0 Å². The summed E-state index contributed by atoms with van der Waals surface area (Å²) in [7, 11) is 0. The van der Waals surface area contributed by atoms with Gasteiger partial charge in [0.05, 0.1) is 11.6 Å². The van der Waals surface area contributed by atoms with Gasteiger partial charge < -0.3 is 14.6 Å². The molecule has 7 heteroatoms. The van der Waals surface area contributed by atoms with Crippen molar-refractivity contribution in [3.8, 4) is 17.2 Å². The minimum absolute atomic E-state index is 0.0139. The Morgan fingerprint density at radius 2 is 1.82 bits per heavy atom. The molecular weight excluding hydrogens is 492 g/mol. The van der Waals surface area contributed by atoms with Crippen LogP contribution >= 0.6 is 0 Å². The number of nitrogens with zero attached hydrogens (tertiary/aromatic N) is 2. The number of fused-ring (bicyclic) bond motifs is 1. The summed E-state index contributed by atoms with van der Waals surface area (Å²) in [5, 5.41) is 11.4. The zero-order valence-corrected chi connectivity index (χ0v) is 21.5. The largest absolute Gasteiger partial charge is 0.507 e. The maximum Gasteiger partial charge on any atom is 0.300 e. The third kappa shape index (κ3) is 4.52. The van der Waals surface area contributed by atoms with Crippen molar-refractivity contribution in [2.24, 2.45) is 0 Å². The molecule has 0 radical (unpaired) electrons. The number of carbonyl (C=O) groups is 2. The second kappa shape index (κ2) is 9.76. The summed E-state index contributed by atoms with van der Waals surface area (Å²) in [4.78, 5) is 32.5. The molecule has 7 nitrogen and oxygen atoms in total. The number of aromatic nitrogens is 1. The molecule has 1 fully saturated rings. The zero-order valence-electron chi connectivity index (χ0n) is 21.5. The molecule has 1 N–H and O–H groups in total. The number of anilines is 1. The highest BCUT2D eigenvalue weighted by Gasteiger charge is 2.47. The normalized spacial score (nSPS) is 19.6. The number of hydrogen-bond acceptors (Lipinski definition) is 6. The van der Waals surface area contributed by atoms with Crippen LogP contribution in [0.3, 0.4) is 0 Å². The van der Waals surface area contributed by atoms with Crippen molar-refractivity contribution in [1.29, 1.82) is 0 Å². The van der Waals surface area contributed by atoms with Crippen molar-refractivity contribution in [3.05, 3.63) is 119 Å². The van der Waals surface area contributed by atoms with Gasteiger partial charge in [-0.25, -0.2) is 0 Å². The molecule has 1 amide bonds. The standard InChI is InChI=1S/C32H26N2O5/c1-19-5-3-7-26(15-19)39-25-11-9-24(10-12-25)34-29(22-6-4-14-33-18-22)28(31(36)32(34)37)30(35)21-8-13-27-23(17-21)16-20(2)38-27/h3-15,17-18,20,29,35H,16H2,1-2H3/b30-28-. The van der Waals surface area contributed by atoms with Gasteiger partial charge in [-0.05, 0) is 91.2 Å². The first-order valence-corrected chi connectivity index (χ1v) is 12.7. The van der Waals surface area contributed by atoms with E-state index in [-0.39, 0.29) is 17.4 Å². The fourth-order valence-corrected chi connectivity index (χ4v) is 5.17. The quantitative estimate of drug-likeness (QED) is 0.194. The van der Waals surface area contributed by atoms with E-state index >= 15 is 0 Å². The van der Waals surface area contributed by atoms with Gasteiger partial charge in [0.1, 0.15) is 29.1 Å². The molecule has 6 rings (SSSR count). The third-order valence-corrected chi connectivity index (χ3v) is 6.95. The second-order valence-electron chi connectivity index (χ2n) is 9.82. The van der Waals surface area contributed by atoms with Crippen molar-refractivity contribution >= 4 is 23.1 Å². The van der Waals surface area contributed by atoms with Gasteiger partial charge in [0.2, 0.25) is 0 Å². The van der Waals surface area contributed by atoms with Crippen molar-refractivity contribution < 1.29 is 24.2 Å². The van der Waals surface area contributed by atoms with Gasteiger partial charge >= 0.3 is 0 Å². The molecule has 194 valence electrons. The number of rotatable bonds is 5. The first-order chi connectivity index (χ1) is 18.9.